The highest BCUT2D eigenvalue weighted by atomic mass is 32.2. The molecule has 1 unspecified atom stereocenters. The summed E-state index contributed by atoms with van der Waals surface area (Å²) in [7, 11) is 0. The van der Waals surface area contributed by atoms with Crippen LogP contribution < -0.4 is 16.0 Å². The second-order valence-corrected chi connectivity index (χ2v) is 7.38. The van der Waals surface area contributed by atoms with Crippen LogP contribution in [0.25, 0.3) is 0 Å². The fourth-order valence-electron chi connectivity index (χ4n) is 3.30. The van der Waals surface area contributed by atoms with Gasteiger partial charge in [-0.1, -0.05) is 17.8 Å². The zero-order chi connectivity index (χ0) is 17.4. The molecule has 0 bridgehead atoms. The third kappa shape index (κ3) is 3.11. The van der Waals surface area contributed by atoms with E-state index in [0.717, 1.165) is 31.6 Å². The van der Waals surface area contributed by atoms with Crippen LogP contribution in [0.15, 0.2) is 41.8 Å². The maximum Gasteiger partial charge on any atom is 0.132 e. The summed E-state index contributed by atoms with van der Waals surface area (Å²) in [5.41, 5.74) is 6.72. The molecular formula is C17H19F2N5S. The van der Waals surface area contributed by atoms with Gasteiger partial charge in [-0.15, -0.1) is 0 Å². The van der Waals surface area contributed by atoms with E-state index in [0.29, 0.717) is 11.1 Å². The van der Waals surface area contributed by atoms with Gasteiger partial charge in [-0.2, -0.15) is 5.10 Å². The first-order valence-corrected chi connectivity index (χ1v) is 9.12. The summed E-state index contributed by atoms with van der Waals surface area (Å²) in [6, 6.07) is 4.19. The number of anilines is 1. The monoisotopic (exact) mass is 363 g/mol. The van der Waals surface area contributed by atoms with Crippen LogP contribution in [0.2, 0.25) is 0 Å². The van der Waals surface area contributed by atoms with Crippen molar-refractivity contribution in [3.63, 3.8) is 0 Å². The quantitative estimate of drug-likeness (QED) is 0.878. The Morgan fingerprint density at radius 2 is 2.08 bits per heavy atom. The number of nitrogens with zero attached hydrogens (tertiary/aromatic N) is 3. The molecule has 0 amide bonds. The molecule has 0 saturated carbocycles. The molecule has 1 aromatic heterocycles. The molecule has 4 rings (SSSR count). The molecule has 3 heterocycles. The molecule has 0 radical (unpaired) electrons. The van der Waals surface area contributed by atoms with Crippen LogP contribution in [-0.4, -0.2) is 22.9 Å². The molecule has 1 aromatic carbocycles. The summed E-state index contributed by atoms with van der Waals surface area (Å²) in [5, 5.41) is 7.74. The van der Waals surface area contributed by atoms with E-state index in [1.165, 1.54) is 30.0 Å². The van der Waals surface area contributed by atoms with Crippen molar-refractivity contribution in [3.05, 3.63) is 59.0 Å². The van der Waals surface area contributed by atoms with Gasteiger partial charge in [0, 0.05) is 18.9 Å². The lowest BCUT2D eigenvalue weighted by Crippen LogP contribution is -2.31. The molecule has 1 saturated heterocycles. The molecule has 2 atom stereocenters. The molecule has 0 spiro atoms. The first-order chi connectivity index (χ1) is 12.1. The number of hydrogen-bond acceptors (Lipinski definition) is 5. The maximum atomic E-state index is 14.2. The van der Waals surface area contributed by atoms with E-state index in [-0.39, 0.29) is 5.56 Å². The van der Waals surface area contributed by atoms with Crippen LogP contribution in [-0.2, 0) is 0 Å². The fraction of sp³-hybridized carbons (Fsp3) is 0.353. The molecular weight excluding hydrogens is 344 g/mol. The van der Waals surface area contributed by atoms with Gasteiger partial charge in [0.25, 0.3) is 0 Å². The minimum Gasteiger partial charge on any atom is -0.392 e. The number of rotatable bonds is 3. The first kappa shape index (κ1) is 16.4. The predicted molar refractivity (Wildman–Crippen MR) is 94.8 cm³/mol. The number of nitrogens with one attached hydrogen (secondary N) is 1. The van der Waals surface area contributed by atoms with Gasteiger partial charge in [-0.3, -0.25) is 4.68 Å². The van der Waals surface area contributed by atoms with E-state index < -0.39 is 17.0 Å². The van der Waals surface area contributed by atoms with Gasteiger partial charge in [0.1, 0.15) is 17.0 Å². The normalized spacial score (nSPS) is 23.8. The lowest BCUT2D eigenvalue weighted by Gasteiger charge is -2.25. The third-order valence-corrected chi connectivity index (χ3v) is 5.61. The van der Waals surface area contributed by atoms with Gasteiger partial charge < -0.3 is 16.0 Å². The Morgan fingerprint density at radius 1 is 1.28 bits per heavy atom. The summed E-state index contributed by atoms with van der Waals surface area (Å²) in [6.45, 7) is 1.90. The van der Waals surface area contributed by atoms with Crippen molar-refractivity contribution < 1.29 is 8.78 Å². The topological polar surface area (TPSA) is 59.1 Å². The van der Waals surface area contributed by atoms with E-state index in [2.05, 4.69) is 10.4 Å². The van der Waals surface area contributed by atoms with Crippen LogP contribution in [0.3, 0.4) is 0 Å². The average molecular weight is 363 g/mol. The second kappa shape index (κ2) is 6.68. The smallest absolute Gasteiger partial charge is 0.132 e. The van der Waals surface area contributed by atoms with Crippen molar-refractivity contribution in [2.24, 2.45) is 5.73 Å². The molecule has 2 aromatic rings. The van der Waals surface area contributed by atoms with Crippen LogP contribution in [0.5, 0.6) is 0 Å². The zero-order valence-electron chi connectivity index (χ0n) is 13.5. The summed E-state index contributed by atoms with van der Waals surface area (Å²) < 4.78 is 30.4. The summed E-state index contributed by atoms with van der Waals surface area (Å²) >= 11 is 1.23. The molecule has 3 N–H and O–H groups in total. The van der Waals surface area contributed by atoms with E-state index in [4.69, 9.17) is 5.73 Å². The Morgan fingerprint density at radius 3 is 2.80 bits per heavy atom. The number of thioether (sulfide) groups is 1. The second-order valence-electron chi connectivity index (χ2n) is 6.22. The van der Waals surface area contributed by atoms with Crippen LogP contribution in [0.1, 0.15) is 29.8 Å². The van der Waals surface area contributed by atoms with Crippen LogP contribution in [0, 0.1) is 11.6 Å². The molecule has 5 nitrogen and oxygen atoms in total. The number of benzene rings is 1. The maximum absolute atomic E-state index is 14.2. The minimum atomic E-state index is -0.580. The highest BCUT2D eigenvalue weighted by molar-refractivity contribution is 8.03. The van der Waals surface area contributed by atoms with E-state index in [9.17, 15) is 8.78 Å². The number of piperidine rings is 1. The lowest BCUT2D eigenvalue weighted by molar-refractivity contribution is 0.347. The Bertz CT molecular complexity index is 780. The van der Waals surface area contributed by atoms with E-state index in [1.807, 2.05) is 10.9 Å². The Hall–Kier alpha value is -2.06. The lowest BCUT2D eigenvalue weighted by atomic mass is 10.1. The zero-order valence-corrected chi connectivity index (χ0v) is 14.3. The number of halogens is 2. The van der Waals surface area contributed by atoms with E-state index >= 15 is 0 Å². The Kier molecular flexibility index (Phi) is 4.39. The standard InChI is InChI=1S/C17H19F2N5S/c18-13-4-1-5-14(19)16(13)17-23(10-15(20)25-17)12-8-22-24(9-12)11-3-2-6-21-7-11/h1,4-5,8-11,17,21H,2-3,6-7,20H2/t11?,17-/m1/s1. The number of nitrogens with two attached hydrogens (primary N) is 1. The fourth-order valence-corrected chi connectivity index (χ4v) is 4.37. The van der Waals surface area contributed by atoms with Gasteiger partial charge in [0.05, 0.1) is 28.5 Å². The molecule has 132 valence electrons. The first-order valence-electron chi connectivity index (χ1n) is 8.24. The largest absolute Gasteiger partial charge is 0.392 e. The third-order valence-electron chi connectivity index (χ3n) is 4.54. The summed E-state index contributed by atoms with van der Waals surface area (Å²) in [4.78, 5) is 1.78. The van der Waals surface area contributed by atoms with E-state index in [1.54, 1.807) is 17.3 Å². The average Bonchev–Trinajstić information content (AvgIpc) is 3.22. The predicted octanol–water partition coefficient (Wildman–Crippen LogP) is 3.10. The molecule has 8 heteroatoms. The van der Waals surface area contributed by atoms with Gasteiger partial charge in [-0.25, -0.2) is 8.78 Å². The van der Waals surface area contributed by atoms with Crippen molar-refractivity contribution in [2.75, 3.05) is 18.0 Å². The molecule has 25 heavy (non-hydrogen) atoms. The van der Waals surface area contributed by atoms with Crippen LogP contribution >= 0.6 is 11.8 Å². The van der Waals surface area contributed by atoms with Crippen molar-refractivity contribution in [1.82, 2.24) is 15.1 Å². The molecule has 2 aliphatic heterocycles. The van der Waals surface area contributed by atoms with Crippen molar-refractivity contribution in [3.8, 4) is 0 Å². The molecule has 1 fully saturated rings. The number of aromatic nitrogens is 2. The highest BCUT2D eigenvalue weighted by Crippen LogP contribution is 2.45. The Balaban J connectivity index is 1.65. The van der Waals surface area contributed by atoms with Gasteiger partial charge in [0.2, 0.25) is 0 Å². The van der Waals surface area contributed by atoms with Gasteiger partial charge in [-0.05, 0) is 31.5 Å². The number of hydrogen-bond donors (Lipinski definition) is 2. The van der Waals surface area contributed by atoms with Gasteiger partial charge in [0.15, 0.2) is 0 Å². The highest BCUT2D eigenvalue weighted by Gasteiger charge is 2.32. The van der Waals surface area contributed by atoms with Crippen molar-refractivity contribution in [2.45, 2.75) is 24.3 Å². The van der Waals surface area contributed by atoms with Crippen LogP contribution in [0.4, 0.5) is 14.5 Å². The van der Waals surface area contributed by atoms with Crippen molar-refractivity contribution in [1.29, 1.82) is 0 Å². The van der Waals surface area contributed by atoms with Crippen molar-refractivity contribution >= 4 is 17.4 Å². The molecule has 2 aliphatic rings. The minimum absolute atomic E-state index is 0.0104. The Labute approximate surface area is 148 Å². The summed E-state index contributed by atoms with van der Waals surface area (Å²) in [6.07, 6.45) is 7.51. The molecule has 0 aliphatic carbocycles. The SMILES string of the molecule is NC1=CN(c2cnn(C3CCCNC3)c2)[C@@H](c2c(F)cccc2F)S1. The van der Waals surface area contributed by atoms with Gasteiger partial charge >= 0.3 is 0 Å². The summed E-state index contributed by atoms with van der Waals surface area (Å²) in [5.74, 6) is -1.15.